The van der Waals surface area contributed by atoms with E-state index in [1.165, 1.54) is 10.6 Å². The summed E-state index contributed by atoms with van der Waals surface area (Å²) >= 11 is 0. The van der Waals surface area contributed by atoms with E-state index >= 15 is 0 Å². The zero-order valence-corrected chi connectivity index (χ0v) is 14.7. The number of rotatable bonds is 6. The van der Waals surface area contributed by atoms with E-state index in [1.54, 1.807) is 27.5 Å². The molecule has 25 heavy (non-hydrogen) atoms. The van der Waals surface area contributed by atoms with Crippen LogP contribution < -0.4 is 9.47 Å². The molecule has 1 aliphatic carbocycles. The van der Waals surface area contributed by atoms with Gasteiger partial charge in [0.25, 0.3) is 0 Å². The number of carbonyl (C=O) groups excluding carboxylic acids is 1. The highest BCUT2D eigenvalue weighted by molar-refractivity contribution is 5.86. The molecule has 1 amide bonds. The normalized spacial score (nSPS) is 18.8. The minimum atomic E-state index is 0.0231. The van der Waals surface area contributed by atoms with E-state index in [2.05, 4.69) is 17.2 Å². The summed E-state index contributed by atoms with van der Waals surface area (Å²) in [5.41, 5.74) is 2.06. The van der Waals surface area contributed by atoms with E-state index in [4.69, 9.17) is 9.47 Å². The Hall–Kier alpha value is -2.82. The molecular weight excluding hydrogens is 316 g/mol. The van der Waals surface area contributed by atoms with Crippen LogP contribution in [0.2, 0.25) is 0 Å². The van der Waals surface area contributed by atoms with Crippen LogP contribution in [0, 0.1) is 5.92 Å². The number of benzene rings is 2. The second-order valence-electron chi connectivity index (χ2n) is 6.08. The Morgan fingerprint density at radius 3 is 2.52 bits per heavy atom. The summed E-state index contributed by atoms with van der Waals surface area (Å²) in [4.78, 5) is 12.5. The maximum absolute atomic E-state index is 12.5. The lowest BCUT2D eigenvalue weighted by molar-refractivity contribution is -0.131. The van der Waals surface area contributed by atoms with Crippen LogP contribution >= 0.6 is 0 Å². The Kier molecular flexibility index (Phi) is 5.03. The molecule has 0 N–H and O–H groups in total. The Labute approximate surface area is 147 Å². The molecule has 130 valence electrons. The van der Waals surface area contributed by atoms with Crippen LogP contribution in [-0.2, 0) is 4.79 Å². The lowest BCUT2D eigenvalue weighted by Crippen LogP contribution is -2.23. The lowest BCUT2D eigenvalue weighted by Gasteiger charge is -2.11. The summed E-state index contributed by atoms with van der Waals surface area (Å²) in [6.07, 6.45) is 2.54. The smallest absolute Gasteiger partial charge is 0.246 e. The third kappa shape index (κ3) is 3.82. The first-order chi connectivity index (χ1) is 12.1. The Morgan fingerprint density at radius 2 is 1.84 bits per heavy atom. The first kappa shape index (κ1) is 17.0. The SMILES string of the molecule is COc1ccc(/C=N/N(C)C(=O)C2CC2c2ccccc2)cc1OC. The van der Waals surface area contributed by atoms with Crippen molar-refractivity contribution in [3.8, 4) is 11.5 Å². The van der Waals surface area contributed by atoms with E-state index in [1.807, 2.05) is 36.4 Å². The zero-order valence-electron chi connectivity index (χ0n) is 14.7. The standard InChI is InChI=1S/C20H22N2O3/c1-22(20(23)17-12-16(17)15-7-5-4-6-8-15)21-13-14-9-10-18(24-2)19(11-14)25-3/h4-11,13,16-17H,12H2,1-3H3/b21-13+. The summed E-state index contributed by atoms with van der Waals surface area (Å²) in [5, 5.41) is 5.70. The van der Waals surface area contributed by atoms with Gasteiger partial charge < -0.3 is 9.47 Å². The number of amides is 1. The fraction of sp³-hybridized carbons (Fsp3) is 0.300. The maximum atomic E-state index is 12.5. The lowest BCUT2D eigenvalue weighted by atomic mass is 10.1. The summed E-state index contributed by atoms with van der Waals surface area (Å²) in [5.74, 6) is 1.67. The van der Waals surface area contributed by atoms with Crippen molar-refractivity contribution in [2.45, 2.75) is 12.3 Å². The molecular formula is C20H22N2O3. The Bertz CT molecular complexity index is 774. The molecule has 2 unspecified atom stereocenters. The molecule has 2 aromatic rings. The number of carbonyl (C=O) groups is 1. The number of hydrogen-bond donors (Lipinski definition) is 0. The van der Waals surface area contributed by atoms with E-state index in [0.29, 0.717) is 17.4 Å². The van der Waals surface area contributed by atoms with Gasteiger partial charge in [-0.3, -0.25) is 4.79 Å². The summed E-state index contributed by atoms with van der Waals surface area (Å²) in [7, 11) is 4.88. The average Bonchev–Trinajstić information content (AvgIpc) is 3.46. The van der Waals surface area contributed by atoms with E-state index in [9.17, 15) is 4.79 Å². The van der Waals surface area contributed by atoms with Crippen LogP contribution in [0.4, 0.5) is 0 Å². The van der Waals surface area contributed by atoms with Crippen molar-refractivity contribution in [2.24, 2.45) is 11.0 Å². The molecule has 2 atom stereocenters. The van der Waals surface area contributed by atoms with Gasteiger partial charge in [-0.15, -0.1) is 0 Å². The maximum Gasteiger partial charge on any atom is 0.246 e. The fourth-order valence-corrected chi connectivity index (χ4v) is 2.92. The van der Waals surface area contributed by atoms with Crippen molar-refractivity contribution >= 4 is 12.1 Å². The van der Waals surface area contributed by atoms with Crippen LogP contribution in [-0.4, -0.2) is 38.4 Å². The van der Waals surface area contributed by atoms with Crippen molar-refractivity contribution < 1.29 is 14.3 Å². The minimum absolute atomic E-state index is 0.0231. The molecule has 0 saturated heterocycles. The van der Waals surface area contributed by atoms with Crippen LogP contribution in [0.1, 0.15) is 23.5 Å². The molecule has 0 aromatic heterocycles. The number of hydrogen-bond acceptors (Lipinski definition) is 4. The highest BCUT2D eigenvalue weighted by Crippen LogP contribution is 2.48. The number of ether oxygens (including phenoxy) is 2. The second kappa shape index (κ2) is 7.38. The van der Waals surface area contributed by atoms with Crippen LogP contribution in [0.25, 0.3) is 0 Å². The third-order valence-electron chi connectivity index (χ3n) is 4.44. The van der Waals surface area contributed by atoms with Crippen LogP contribution in [0.3, 0.4) is 0 Å². The fourth-order valence-electron chi connectivity index (χ4n) is 2.92. The number of nitrogens with zero attached hydrogens (tertiary/aromatic N) is 2. The molecule has 1 aliphatic rings. The van der Waals surface area contributed by atoms with Crippen molar-refractivity contribution in [3.05, 3.63) is 59.7 Å². The van der Waals surface area contributed by atoms with Crippen molar-refractivity contribution in [3.63, 3.8) is 0 Å². The van der Waals surface area contributed by atoms with Crippen LogP contribution in [0.5, 0.6) is 11.5 Å². The summed E-state index contributed by atoms with van der Waals surface area (Å²) in [6, 6.07) is 15.7. The topological polar surface area (TPSA) is 51.1 Å². The molecule has 0 aliphatic heterocycles. The van der Waals surface area contributed by atoms with Gasteiger partial charge in [-0.05, 0) is 41.7 Å². The Balaban J connectivity index is 1.63. The largest absolute Gasteiger partial charge is 0.493 e. The summed E-state index contributed by atoms with van der Waals surface area (Å²) < 4.78 is 10.5. The van der Waals surface area contributed by atoms with Gasteiger partial charge in [0, 0.05) is 13.0 Å². The number of hydrazone groups is 1. The van der Waals surface area contributed by atoms with Gasteiger partial charge in [0.1, 0.15) is 0 Å². The van der Waals surface area contributed by atoms with E-state index < -0.39 is 0 Å². The van der Waals surface area contributed by atoms with Gasteiger partial charge in [0.2, 0.25) is 5.91 Å². The molecule has 0 radical (unpaired) electrons. The monoisotopic (exact) mass is 338 g/mol. The highest BCUT2D eigenvalue weighted by Gasteiger charge is 2.45. The summed E-state index contributed by atoms with van der Waals surface area (Å²) in [6.45, 7) is 0. The molecule has 5 nitrogen and oxygen atoms in total. The Morgan fingerprint density at radius 1 is 1.12 bits per heavy atom. The van der Waals surface area contributed by atoms with E-state index in [0.717, 1.165) is 12.0 Å². The predicted octanol–water partition coefficient (Wildman–Crippen LogP) is 3.30. The molecule has 0 spiro atoms. The highest BCUT2D eigenvalue weighted by atomic mass is 16.5. The zero-order chi connectivity index (χ0) is 17.8. The van der Waals surface area contributed by atoms with Gasteiger partial charge in [0.15, 0.2) is 11.5 Å². The van der Waals surface area contributed by atoms with E-state index in [-0.39, 0.29) is 11.8 Å². The van der Waals surface area contributed by atoms with Gasteiger partial charge in [-0.2, -0.15) is 5.10 Å². The minimum Gasteiger partial charge on any atom is -0.493 e. The quantitative estimate of drug-likeness (QED) is 0.600. The molecule has 2 aromatic carbocycles. The average molecular weight is 338 g/mol. The van der Waals surface area contributed by atoms with Gasteiger partial charge in [0.05, 0.1) is 20.4 Å². The first-order valence-electron chi connectivity index (χ1n) is 8.22. The first-order valence-corrected chi connectivity index (χ1v) is 8.22. The predicted molar refractivity (Wildman–Crippen MR) is 97.2 cm³/mol. The van der Waals surface area contributed by atoms with Crippen molar-refractivity contribution in [2.75, 3.05) is 21.3 Å². The van der Waals surface area contributed by atoms with Gasteiger partial charge in [-0.25, -0.2) is 5.01 Å². The third-order valence-corrected chi connectivity index (χ3v) is 4.44. The molecule has 3 rings (SSSR count). The molecule has 5 heteroatoms. The molecule has 1 saturated carbocycles. The second-order valence-corrected chi connectivity index (χ2v) is 6.08. The molecule has 0 bridgehead atoms. The molecule has 0 heterocycles. The number of methoxy groups -OCH3 is 2. The van der Waals surface area contributed by atoms with Crippen molar-refractivity contribution in [1.82, 2.24) is 5.01 Å². The van der Waals surface area contributed by atoms with Crippen LogP contribution in [0.15, 0.2) is 53.6 Å². The van der Waals surface area contributed by atoms with Crippen molar-refractivity contribution in [1.29, 1.82) is 0 Å². The molecule has 1 fully saturated rings. The van der Waals surface area contributed by atoms with Gasteiger partial charge in [-0.1, -0.05) is 30.3 Å². The van der Waals surface area contributed by atoms with Gasteiger partial charge >= 0.3 is 0 Å².